The van der Waals surface area contributed by atoms with Gasteiger partial charge in [0.2, 0.25) is 0 Å². The molecule has 0 saturated heterocycles. The van der Waals surface area contributed by atoms with Gasteiger partial charge in [0.15, 0.2) is 10.7 Å². The van der Waals surface area contributed by atoms with Crippen LogP contribution in [0.25, 0.3) is 0 Å². The van der Waals surface area contributed by atoms with Crippen molar-refractivity contribution >= 4 is 21.7 Å². The maximum Gasteiger partial charge on any atom is 0.313 e. The van der Waals surface area contributed by atoms with E-state index in [1.165, 1.54) is 11.4 Å². The Morgan fingerprint density at radius 1 is 1.32 bits per heavy atom. The topological polar surface area (TPSA) is 89.7 Å². The minimum atomic E-state index is -3.87. The van der Waals surface area contributed by atoms with Gasteiger partial charge in [-0.15, -0.1) is 0 Å². The predicted octanol–water partition coefficient (Wildman–Crippen LogP) is 2.54. The van der Waals surface area contributed by atoms with Gasteiger partial charge in [-0.25, -0.2) is 8.42 Å². The molecule has 25 heavy (non-hydrogen) atoms. The van der Waals surface area contributed by atoms with Crippen LogP contribution in [-0.2, 0) is 19.6 Å². The van der Waals surface area contributed by atoms with Crippen molar-refractivity contribution in [3.63, 3.8) is 0 Å². The number of aromatic nitrogens is 1. The first-order valence-electron chi connectivity index (χ1n) is 7.93. The number of methoxy groups -OCH3 is 1. The first-order valence-corrected chi connectivity index (χ1v) is 9.37. The van der Waals surface area contributed by atoms with Gasteiger partial charge in [-0.2, -0.15) is 0 Å². The third kappa shape index (κ3) is 2.70. The second kappa shape index (κ2) is 6.18. The number of para-hydroxylation sites is 1. The number of esters is 1. The van der Waals surface area contributed by atoms with E-state index in [0.717, 1.165) is 0 Å². The molecule has 0 radical (unpaired) electrons. The van der Waals surface area contributed by atoms with Crippen LogP contribution in [-0.4, -0.2) is 32.7 Å². The Kier molecular flexibility index (Phi) is 4.32. The van der Waals surface area contributed by atoms with Gasteiger partial charge in [0.25, 0.3) is 10.0 Å². The lowest BCUT2D eigenvalue weighted by molar-refractivity contribution is -0.142. The van der Waals surface area contributed by atoms with Crippen molar-refractivity contribution in [2.45, 2.75) is 44.0 Å². The minimum absolute atomic E-state index is 0.0747. The number of carbonyl (C=O) groups excluding carboxylic acids is 1. The second-order valence-corrected chi connectivity index (χ2v) is 7.93. The normalized spacial score (nSPS) is 20.2. The van der Waals surface area contributed by atoms with E-state index in [0.29, 0.717) is 23.4 Å². The molecule has 1 aromatic heterocycles. The van der Waals surface area contributed by atoms with E-state index < -0.39 is 22.0 Å². The smallest absolute Gasteiger partial charge is 0.313 e. The van der Waals surface area contributed by atoms with E-state index in [-0.39, 0.29) is 16.6 Å². The van der Waals surface area contributed by atoms with Crippen LogP contribution in [0.4, 0.5) is 5.69 Å². The summed E-state index contributed by atoms with van der Waals surface area (Å²) in [7, 11) is -2.54. The fourth-order valence-corrected chi connectivity index (χ4v) is 5.45. The summed E-state index contributed by atoms with van der Waals surface area (Å²) in [6.45, 7) is 4.95. The number of benzene rings is 1. The van der Waals surface area contributed by atoms with Gasteiger partial charge in [0, 0.05) is 6.04 Å². The lowest BCUT2D eigenvalue weighted by Crippen LogP contribution is -2.44. The van der Waals surface area contributed by atoms with Gasteiger partial charge >= 0.3 is 5.97 Å². The van der Waals surface area contributed by atoms with Crippen LogP contribution >= 0.6 is 0 Å². The Morgan fingerprint density at radius 2 is 2.00 bits per heavy atom. The third-order valence-corrected chi connectivity index (χ3v) is 6.67. The van der Waals surface area contributed by atoms with E-state index >= 15 is 0 Å². The highest BCUT2D eigenvalue weighted by Gasteiger charge is 2.42. The van der Waals surface area contributed by atoms with Gasteiger partial charge in [-0.3, -0.25) is 9.10 Å². The monoisotopic (exact) mass is 364 g/mol. The fraction of sp³-hybridized carbons (Fsp3) is 0.412. The summed E-state index contributed by atoms with van der Waals surface area (Å²) in [5.41, 5.74) is 1.44. The molecule has 0 aliphatic carbocycles. The van der Waals surface area contributed by atoms with Gasteiger partial charge < -0.3 is 9.26 Å². The lowest BCUT2D eigenvalue weighted by Gasteiger charge is -2.38. The summed E-state index contributed by atoms with van der Waals surface area (Å²) in [5.74, 6) is -0.613. The molecule has 2 atom stereocenters. The van der Waals surface area contributed by atoms with Crippen LogP contribution in [0.3, 0.4) is 0 Å². The maximum atomic E-state index is 13.3. The molecule has 8 heteroatoms. The van der Waals surface area contributed by atoms with Gasteiger partial charge in [-0.1, -0.05) is 23.4 Å². The highest BCUT2D eigenvalue weighted by Crippen LogP contribution is 2.42. The Balaban J connectivity index is 2.18. The number of sulfonamides is 1. The molecule has 2 unspecified atom stereocenters. The SMILES string of the molecule is COC(=O)C1CC(C)N(S(=O)(=O)c2c(C)noc2C)c2ccccc21. The first kappa shape index (κ1) is 17.5. The molecule has 1 aliphatic heterocycles. The first-order chi connectivity index (χ1) is 11.8. The Morgan fingerprint density at radius 3 is 2.60 bits per heavy atom. The zero-order valence-corrected chi connectivity index (χ0v) is 15.3. The molecule has 0 bridgehead atoms. The van der Waals surface area contributed by atoms with Gasteiger partial charge in [-0.05, 0) is 38.8 Å². The van der Waals surface area contributed by atoms with Crippen LogP contribution < -0.4 is 4.31 Å². The summed E-state index contributed by atoms with van der Waals surface area (Å²) in [6, 6.07) is 6.58. The zero-order chi connectivity index (χ0) is 18.4. The van der Waals surface area contributed by atoms with Crippen molar-refractivity contribution in [3.8, 4) is 0 Å². The van der Waals surface area contributed by atoms with Crippen LogP contribution in [0.15, 0.2) is 33.7 Å². The van der Waals surface area contributed by atoms with Crippen molar-refractivity contribution in [2.75, 3.05) is 11.4 Å². The van der Waals surface area contributed by atoms with E-state index in [2.05, 4.69) is 5.16 Å². The van der Waals surface area contributed by atoms with Crippen molar-refractivity contribution in [1.82, 2.24) is 5.16 Å². The largest absolute Gasteiger partial charge is 0.469 e. The molecule has 2 heterocycles. The molecule has 0 spiro atoms. The zero-order valence-electron chi connectivity index (χ0n) is 14.5. The average molecular weight is 364 g/mol. The molecule has 0 N–H and O–H groups in total. The molecule has 7 nitrogen and oxygen atoms in total. The van der Waals surface area contributed by atoms with Crippen molar-refractivity contribution in [3.05, 3.63) is 41.3 Å². The molecule has 134 valence electrons. The highest BCUT2D eigenvalue weighted by atomic mass is 32.2. The molecule has 1 aliphatic rings. The number of carbonyl (C=O) groups is 1. The number of aryl methyl sites for hydroxylation is 2. The number of fused-ring (bicyclic) bond motifs is 1. The van der Waals surface area contributed by atoms with Crippen molar-refractivity contribution in [2.24, 2.45) is 0 Å². The number of anilines is 1. The standard InChI is InChI=1S/C17H20N2O5S/c1-10-9-14(17(20)23-4)13-7-5-6-8-15(13)19(10)25(21,22)16-11(2)18-24-12(16)3/h5-8,10,14H,9H2,1-4H3. The molecule has 0 fully saturated rings. The Labute approximate surface area is 146 Å². The number of nitrogens with zero attached hydrogens (tertiary/aromatic N) is 2. The summed E-state index contributed by atoms with van der Waals surface area (Å²) in [4.78, 5) is 12.2. The summed E-state index contributed by atoms with van der Waals surface area (Å²) in [6.07, 6.45) is 0.340. The van der Waals surface area contributed by atoms with E-state index in [1.807, 2.05) is 0 Å². The molecule has 0 amide bonds. The average Bonchev–Trinajstić information content (AvgIpc) is 2.92. The van der Waals surface area contributed by atoms with E-state index in [1.54, 1.807) is 45.0 Å². The summed E-state index contributed by atoms with van der Waals surface area (Å²) < 4.78 is 37.9. The maximum absolute atomic E-state index is 13.3. The van der Waals surface area contributed by atoms with Crippen LogP contribution in [0.5, 0.6) is 0 Å². The number of hydrogen-bond acceptors (Lipinski definition) is 6. The fourth-order valence-electron chi connectivity index (χ4n) is 3.46. The predicted molar refractivity (Wildman–Crippen MR) is 90.9 cm³/mol. The van der Waals surface area contributed by atoms with E-state index in [9.17, 15) is 13.2 Å². The van der Waals surface area contributed by atoms with Crippen molar-refractivity contribution < 1.29 is 22.5 Å². The number of ether oxygens (including phenoxy) is 1. The number of rotatable bonds is 3. The van der Waals surface area contributed by atoms with Gasteiger partial charge in [0.1, 0.15) is 5.69 Å². The molecule has 0 saturated carbocycles. The molecule has 2 aromatic rings. The van der Waals surface area contributed by atoms with Crippen LogP contribution in [0.2, 0.25) is 0 Å². The Hall–Kier alpha value is -2.35. The summed E-state index contributed by atoms with van der Waals surface area (Å²) in [5, 5.41) is 3.76. The third-order valence-electron chi connectivity index (χ3n) is 4.50. The second-order valence-electron chi connectivity index (χ2n) is 6.17. The number of hydrogen-bond donors (Lipinski definition) is 0. The van der Waals surface area contributed by atoms with E-state index in [4.69, 9.17) is 9.26 Å². The molecular weight excluding hydrogens is 344 g/mol. The molecular formula is C17H20N2O5S. The minimum Gasteiger partial charge on any atom is -0.469 e. The lowest BCUT2D eigenvalue weighted by atomic mass is 9.87. The Bertz CT molecular complexity index is 899. The van der Waals surface area contributed by atoms with Crippen LogP contribution in [0.1, 0.15) is 36.3 Å². The molecule has 3 rings (SSSR count). The van der Waals surface area contributed by atoms with Crippen LogP contribution in [0, 0.1) is 13.8 Å². The molecule has 1 aromatic carbocycles. The van der Waals surface area contributed by atoms with Crippen molar-refractivity contribution in [1.29, 1.82) is 0 Å². The highest BCUT2D eigenvalue weighted by molar-refractivity contribution is 7.93. The van der Waals surface area contributed by atoms with Gasteiger partial charge in [0.05, 0.1) is 18.7 Å². The summed E-state index contributed by atoms with van der Waals surface area (Å²) >= 11 is 0. The quantitative estimate of drug-likeness (QED) is 0.778.